The summed E-state index contributed by atoms with van der Waals surface area (Å²) in [5.74, 6) is -0.545. The van der Waals surface area contributed by atoms with Crippen molar-refractivity contribution in [3.8, 4) is 5.75 Å². The quantitative estimate of drug-likeness (QED) is 0.451. The summed E-state index contributed by atoms with van der Waals surface area (Å²) in [4.78, 5) is 39.1. The number of benzene rings is 2. The number of nitro benzene ring substituents is 1. The van der Waals surface area contributed by atoms with Gasteiger partial charge in [0, 0.05) is 23.2 Å². The fourth-order valence-electron chi connectivity index (χ4n) is 2.50. The smallest absolute Gasteiger partial charge is 0.272 e. The third kappa shape index (κ3) is 5.14. The second-order valence-corrected chi connectivity index (χ2v) is 6.77. The van der Waals surface area contributed by atoms with Crippen molar-refractivity contribution < 1.29 is 19.2 Å². The van der Waals surface area contributed by atoms with Crippen molar-refractivity contribution in [2.75, 3.05) is 17.2 Å². The maximum absolute atomic E-state index is 12.4. The molecule has 3 rings (SSSR count). The van der Waals surface area contributed by atoms with Gasteiger partial charge in [-0.05, 0) is 31.2 Å². The maximum atomic E-state index is 12.4. The molecule has 9 nitrogen and oxygen atoms in total. The second-order valence-electron chi connectivity index (χ2n) is 5.88. The van der Waals surface area contributed by atoms with Gasteiger partial charge in [-0.15, -0.1) is 11.3 Å². The Morgan fingerprint density at radius 1 is 1.21 bits per heavy atom. The van der Waals surface area contributed by atoms with Crippen molar-refractivity contribution in [1.82, 2.24) is 4.98 Å². The molecule has 0 radical (unpaired) electrons. The Balaban J connectivity index is 1.63. The number of aryl methyl sites for hydroxylation is 1. The Hall–Kier alpha value is -3.79. The van der Waals surface area contributed by atoms with Gasteiger partial charge in [-0.1, -0.05) is 12.1 Å². The number of nitrogens with one attached hydrogen (secondary N) is 2. The van der Waals surface area contributed by atoms with Crippen LogP contribution in [-0.2, 0) is 4.79 Å². The fourth-order valence-corrected chi connectivity index (χ4v) is 3.02. The predicted octanol–water partition coefficient (Wildman–Crippen LogP) is 3.63. The number of hydrogen-bond donors (Lipinski definition) is 2. The number of carbonyl (C=O) groups is 2. The van der Waals surface area contributed by atoms with E-state index in [1.165, 1.54) is 29.5 Å². The van der Waals surface area contributed by atoms with Gasteiger partial charge in [0.15, 0.2) is 11.7 Å². The zero-order valence-electron chi connectivity index (χ0n) is 15.2. The molecule has 0 saturated carbocycles. The normalized spacial score (nSPS) is 10.2. The molecule has 148 valence electrons. The first kappa shape index (κ1) is 20.0. The molecule has 3 aromatic rings. The van der Waals surface area contributed by atoms with E-state index >= 15 is 0 Å². The van der Waals surface area contributed by atoms with E-state index in [0.29, 0.717) is 22.1 Å². The number of anilines is 2. The molecule has 2 amide bonds. The monoisotopic (exact) mass is 412 g/mol. The summed E-state index contributed by atoms with van der Waals surface area (Å²) in [6, 6.07) is 10.8. The molecular weight excluding hydrogens is 396 g/mol. The summed E-state index contributed by atoms with van der Waals surface area (Å²) < 4.78 is 5.40. The molecular formula is C19H16N4O5S. The Kier molecular flexibility index (Phi) is 6.15. The minimum atomic E-state index is -0.487. The highest BCUT2D eigenvalue weighted by Gasteiger charge is 2.15. The molecule has 0 saturated heterocycles. The lowest BCUT2D eigenvalue weighted by Gasteiger charge is -2.11. The lowest BCUT2D eigenvalue weighted by molar-refractivity contribution is -0.385. The van der Waals surface area contributed by atoms with Gasteiger partial charge < -0.3 is 10.1 Å². The van der Waals surface area contributed by atoms with Crippen LogP contribution in [0.2, 0.25) is 0 Å². The molecule has 2 aromatic carbocycles. The van der Waals surface area contributed by atoms with Crippen molar-refractivity contribution in [2.24, 2.45) is 0 Å². The molecule has 0 aliphatic heterocycles. The summed E-state index contributed by atoms with van der Waals surface area (Å²) in [6.45, 7) is 1.27. The molecule has 0 unspecified atom stereocenters. The third-order valence-corrected chi connectivity index (χ3v) is 4.52. The van der Waals surface area contributed by atoms with Crippen LogP contribution < -0.4 is 15.4 Å². The predicted molar refractivity (Wildman–Crippen MR) is 108 cm³/mol. The molecule has 0 bridgehead atoms. The zero-order chi connectivity index (χ0) is 20.8. The lowest BCUT2D eigenvalue weighted by Crippen LogP contribution is -2.22. The van der Waals surface area contributed by atoms with Gasteiger partial charge in [-0.3, -0.25) is 25.0 Å². The van der Waals surface area contributed by atoms with Crippen LogP contribution in [0.4, 0.5) is 16.5 Å². The number of ether oxygens (including phenoxy) is 1. The minimum absolute atomic E-state index is 0.0260. The lowest BCUT2D eigenvalue weighted by atomic mass is 10.1. The van der Waals surface area contributed by atoms with Gasteiger partial charge in [-0.25, -0.2) is 4.98 Å². The summed E-state index contributed by atoms with van der Waals surface area (Å²) in [5.41, 5.74) is 1.01. The Morgan fingerprint density at radius 3 is 2.69 bits per heavy atom. The largest absolute Gasteiger partial charge is 0.484 e. The van der Waals surface area contributed by atoms with E-state index in [4.69, 9.17) is 4.74 Å². The number of aromatic nitrogens is 1. The zero-order valence-corrected chi connectivity index (χ0v) is 16.1. The average molecular weight is 412 g/mol. The van der Waals surface area contributed by atoms with Crippen molar-refractivity contribution in [2.45, 2.75) is 6.92 Å². The molecule has 10 heteroatoms. The molecule has 0 atom stereocenters. The van der Waals surface area contributed by atoms with Crippen molar-refractivity contribution >= 4 is 39.7 Å². The number of nitrogens with zero attached hydrogens (tertiary/aromatic N) is 2. The fraction of sp³-hybridized carbons (Fsp3) is 0.105. The number of rotatable bonds is 7. The first-order chi connectivity index (χ1) is 13.9. The van der Waals surface area contributed by atoms with Gasteiger partial charge in [0.1, 0.15) is 5.75 Å². The van der Waals surface area contributed by atoms with Crippen LogP contribution in [0.3, 0.4) is 0 Å². The van der Waals surface area contributed by atoms with Gasteiger partial charge in [0.05, 0.1) is 16.2 Å². The highest BCUT2D eigenvalue weighted by atomic mass is 32.1. The molecule has 2 N–H and O–H groups in total. The molecule has 0 spiro atoms. The first-order valence-corrected chi connectivity index (χ1v) is 9.29. The molecule has 29 heavy (non-hydrogen) atoms. The van der Waals surface area contributed by atoms with E-state index in [1.54, 1.807) is 42.8 Å². The van der Waals surface area contributed by atoms with Gasteiger partial charge in [0.2, 0.25) is 0 Å². The number of para-hydroxylation sites is 1. The molecule has 0 aliphatic carbocycles. The van der Waals surface area contributed by atoms with E-state index in [-0.39, 0.29) is 17.9 Å². The van der Waals surface area contributed by atoms with Crippen LogP contribution in [0.25, 0.3) is 0 Å². The van der Waals surface area contributed by atoms with Crippen LogP contribution in [0, 0.1) is 17.0 Å². The van der Waals surface area contributed by atoms with Crippen LogP contribution in [0.1, 0.15) is 15.9 Å². The highest BCUT2D eigenvalue weighted by molar-refractivity contribution is 7.13. The summed E-state index contributed by atoms with van der Waals surface area (Å²) in [6.07, 6.45) is 1.57. The van der Waals surface area contributed by atoms with Gasteiger partial charge in [0.25, 0.3) is 17.5 Å². The number of amides is 2. The molecule has 0 aliphatic rings. The van der Waals surface area contributed by atoms with Crippen molar-refractivity contribution in [3.05, 3.63) is 75.3 Å². The van der Waals surface area contributed by atoms with E-state index < -0.39 is 16.7 Å². The summed E-state index contributed by atoms with van der Waals surface area (Å²) in [5, 5.41) is 18.3. The summed E-state index contributed by atoms with van der Waals surface area (Å²) >= 11 is 1.28. The van der Waals surface area contributed by atoms with Crippen LogP contribution in [0.15, 0.2) is 54.0 Å². The van der Waals surface area contributed by atoms with Crippen molar-refractivity contribution in [1.29, 1.82) is 0 Å². The Morgan fingerprint density at radius 2 is 2.00 bits per heavy atom. The van der Waals surface area contributed by atoms with Crippen LogP contribution >= 0.6 is 11.3 Å². The van der Waals surface area contributed by atoms with E-state index in [1.807, 2.05) is 0 Å². The van der Waals surface area contributed by atoms with E-state index in [2.05, 4.69) is 15.6 Å². The number of hydrogen-bond acceptors (Lipinski definition) is 7. The molecule has 1 heterocycles. The van der Waals surface area contributed by atoms with E-state index in [9.17, 15) is 19.7 Å². The Labute approximate surface area is 169 Å². The van der Waals surface area contributed by atoms with Crippen LogP contribution in [-0.4, -0.2) is 28.3 Å². The number of carbonyl (C=O) groups excluding carboxylic acids is 2. The highest BCUT2D eigenvalue weighted by Crippen LogP contribution is 2.23. The van der Waals surface area contributed by atoms with Crippen LogP contribution in [0.5, 0.6) is 5.75 Å². The third-order valence-electron chi connectivity index (χ3n) is 3.83. The topological polar surface area (TPSA) is 123 Å². The van der Waals surface area contributed by atoms with Crippen molar-refractivity contribution in [3.63, 3.8) is 0 Å². The average Bonchev–Trinajstić information content (AvgIpc) is 3.19. The summed E-state index contributed by atoms with van der Waals surface area (Å²) in [7, 11) is 0. The molecule has 1 aromatic heterocycles. The SMILES string of the molecule is Cc1cc(OCC(=O)Nc2ccccc2C(=O)Nc2nccs2)ccc1[N+](=O)[O-]. The minimum Gasteiger partial charge on any atom is -0.484 e. The van der Waals surface area contributed by atoms with Gasteiger partial charge >= 0.3 is 0 Å². The first-order valence-electron chi connectivity index (χ1n) is 8.41. The number of thiazole rings is 1. The standard InChI is InChI=1S/C19H16N4O5S/c1-12-10-13(6-7-16(12)23(26)27)28-11-17(24)21-15-5-3-2-4-14(15)18(25)22-19-20-8-9-29-19/h2-10H,11H2,1H3,(H,21,24)(H,20,22,25). The van der Waals surface area contributed by atoms with Gasteiger partial charge in [-0.2, -0.15) is 0 Å². The van der Waals surface area contributed by atoms with E-state index in [0.717, 1.165) is 0 Å². The molecule has 0 fully saturated rings. The maximum Gasteiger partial charge on any atom is 0.272 e. The Bertz CT molecular complexity index is 1050. The second kappa shape index (κ2) is 8.93. The number of nitro groups is 1.